The highest BCUT2D eigenvalue weighted by molar-refractivity contribution is 5.89. The molecule has 0 bridgehead atoms. The van der Waals surface area contributed by atoms with Gasteiger partial charge < -0.3 is 10.4 Å². The van der Waals surface area contributed by atoms with Gasteiger partial charge in [0.05, 0.1) is 10.5 Å². The minimum absolute atomic E-state index is 0.0555. The second kappa shape index (κ2) is 6.00. The van der Waals surface area contributed by atoms with Crippen LogP contribution in [-0.2, 0) is 6.54 Å². The van der Waals surface area contributed by atoms with Crippen molar-refractivity contribution in [2.45, 2.75) is 6.54 Å². The van der Waals surface area contributed by atoms with Crippen LogP contribution in [0, 0.1) is 15.9 Å². The van der Waals surface area contributed by atoms with E-state index in [2.05, 4.69) is 5.32 Å². The Hall–Kier alpha value is -2.96. The number of carboxylic acids is 1. The number of nitro groups is 1. The average molecular weight is 290 g/mol. The fraction of sp³-hybridized carbons (Fsp3) is 0.0714. The van der Waals surface area contributed by atoms with Gasteiger partial charge in [0.1, 0.15) is 11.5 Å². The molecule has 0 fully saturated rings. The van der Waals surface area contributed by atoms with Gasteiger partial charge in [-0.1, -0.05) is 18.2 Å². The number of nitro benzene ring substituents is 1. The largest absolute Gasteiger partial charge is 0.478 e. The van der Waals surface area contributed by atoms with Crippen LogP contribution in [0.4, 0.5) is 15.8 Å². The molecule has 2 aromatic rings. The van der Waals surface area contributed by atoms with Gasteiger partial charge in [-0.15, -0.1) is 0 Å². The molecular formula is C14H11FN2O4. The first kappa shape index (κ1) is 14.4. The van der Waals surface area contributed by atoms with Gasteiger partial charge in [-0.25, -0.2) is 9.18 Å². The first-order valence-corrected chi connectivity index (χ1v) is 5.98. The Morgan fingerprint density at radius 2 is 2.00 bits per heavy atom. The first-order valence-electron chi connectivity index (χ1n) is 5.98. The molecule has 2 aromatic carbocycles. The summed E-state index contributed by atoms with van der Waals surface area (Å²) in [4.78, 5) is 21.1. The number of hydrogen-bond acceptors (Lipinski definition) is 4. The van der Waals surface area contributed by atoms with Gasteiger partial charge in [0.2, 0.25) is 0 Å². The molecule has 0 aliphatic carbocycles. The Balaban J connectivity index is 2.26. The molecule has 0 unspecified atom stereocenters. The van der Waals surface area contributed by atoms with E-state index in [0.717, 1.165) is 6.07 Å². The maximum absolute atomic E-state index is 13.5. The zero-order chi connectivity index (χ0) is 15.4. The quantitative estimate of drug-likeness (QED) is 0.652. The molecule has 7 heteroatoms. The smallest absolute Gasteiger partial charge is 0.335 e. The number of nitrogens with one attached hydrogen (secondary N) is 1. The molecule has 0 aliphatic heterocycles. The lowest BCUT2D eigenvalue weighted by Crippen LogP contribution is -2.06. The highest BCUT2D eigenvalue weighted by Gasteiger charge is 2.17. The lowest BCUT2D eigenvalue weighted by molar-refractivity contribution is -0.384. The van der Waals surface area contributed by atoms with E-state index in [-0.39, 0.29) is 23.5 Å². The van der Waals surface area contributed by atoms with E-state index in [1.165, 1.54) is 18.2 Å². The van der Waals surface area contributed by atoms with Crippen molar-refractivity contribution in [2.24, 2.45) is 0 Å². The Morgan fingerprint density at radius 3 is 2.62 bits per heavy atom. The van der Waals surface area contributed by atoms with Gasteiger partial charge in [-0.2, -0.15) is 0 Å². The van der Waals surface area contributed by atoms with Gasteiger partial charge in [0.15, 0.2) is 0 Å². The second-order valence-electron chi connectivity index (χ2n) is 4.24. The van der Waals surface area contributed by atoms with Crippen molar-refractivity contribution in [3.05, 3.63) is 69.5 Å². The van der Waals surface area contributed by atoms with Crippen LogP contribution in [0.5, 0.6) is 0 Å². The van der Waals surface area contributed by atoms with Crippen molar-refractivity contribution in [1.29, 1.82) is 0 Å². The van der Waals surface area contributed by atoms with Crippen molar-refractivity contribution < 1.29 is 19.2 Å². The van der Waals surface area contributed by atoms with E-state index in [1.807, 2.05) is 0 Å². The number of carboxylic acid groups (broad SMARTS) is 1. The molecule has 21 heavy (non-hydrogen) atoms. The van der Waals surface area contributed by atoms with Crippen LogP contribution in [0.25, 0.3) is 0 Å². The van der Waals surface area contributed by atoms with Crippen LogP contribution in [0.3, 0.4) is 0 Å². The van der Waals surface area contributed by atoms with Gasteiger partial charge in [0, 0.05) is 18.2 Å². The maximum atomic E-state index is 13.5. The molecule has 0 saturated heterocycles. The minimum Gasteiger partial charge on any atom is -0.478 e. The number of rotatable bonds is 5. The topological polar surface area (TPSA) is 92.5 Å². The Bertz CT molecular complexity index is 703. The maximum Gasteiger partial charge on any atom is 0.335 e. The number of nitrogens with zero attached hydrogens (tertiary/aromatic N) is 1. The first-order chi connectivity index (χ1) is 9.99. The van der Waals surface area contributed by atoms with Gasteiger partial charge >= 0.3 is 5.97 Å². The summed E-state index contributed by atoms with van der Waals surface area (Å²) >= 11 is 0. The Labute approximate surface area is 119 Å². The van der Waals surface area contributed by atoms with E-state index in [1.54, 1.807) is 18.2 Å². The number of benzene rings is 2. The summed E-state index contributed by atoms with van der Waals surface area (Å²) in [5, 5.41) is 22.6. The normalized spacial score (nSPS) is 10.1. The number of carbonyl (C=O) groups is 1. The van der Waals surface area contributed by atoms with Crippen molar-refractivity contribution >= 4 is 17.3 Å². The molecule has 0 amide bonds. The van der Waals surface area contributed by atoms with Crippen LogP contribution in [-0.4, -0.2) is 16.0 Å². The fourth-order valence-corrected chi connectivity index (χ4v) is 1.80. The van der Waals surface area contributed by atoms with Gasteiger partial charge in [-0.3, -0.25) is 10.1 Å². The number of anilines is 1. The van der Waals surface area contributed by atoms with Gasteiger partial charge in [-0.05, 0) is 18.2 Å². The molecule has 0 heterocycles. The van der Waals surface area contributed by atoms with Gasteiger partial charge in [0.25, 0.3) is 5.69 Å². The third-order valence-electron chi connectivity index (χ3n) is 2.87. The van der Waals surface area contributed by atoms with E-state index in [0.29, 0.717) is 5.56 Å². The Morgan fingerprint density at radius 1 is 1.29 bits per heavy atom. The fourth-order valence-electron chi connectivity index (χ4n) is 1.80. The van der Waals surface area contributed by atoms with Crippen LogP contribution in [0.2, 0.25) is 0 Å². The Kier molecular flexibility index (Phi) is 4.13. The molecular weight excluding hydrogens is 279 g/mol. The predicted molar refractivity (Wildman–Crippen MR) is 73.8 cm³/mol. The summed E-state index contributed by atoms with van der Waals surface area (Å²) in [6.07, 6.45) is 0. The zero-order valence-corrected chi connectivity index (χ0v) is 10.7. The number of halogens is 1. The van der Waals surface area contributed by atoms with Crippen molar-refractivity contribution in [2.75, 3.05) is 5.32 Å². The SMILES string of the molecule is O=C(O)c1ccc(NCc2ccccc2F)c([N+](=O)[O-])c1. The van der Waals surface area contributed by atoms with E-state index in [9.17, 15) is 19.3 Å². The molecule has 2 rings (SSSR count). The summed E-state index contributed by atoms with van der Waals surface area (Å²) in [6, 6.07) is 9.55. The molecule has 0 saturated carbocycles. The summed E-state index contributed by atoms with van der Waals surface area (Å²) in [5.74, 6) is -1.67. The van der Waals surface area contributed by atoms with Crippen LogP contribution in [0.1, 0.15) is 15.9 Å². The number of aromatic carboxylic acids is 1. The second-order valence-corrected chi connectivity index (χ2v) is 4.24. The molecule has 2 N–H and O–H groups in total. The van der Waals surface area contributed by atoms with Crippen LogP contribution >= 0.6 is 0 Å². The lowest BCUT2D eigenvalue weighted by atomic mass is 10.1. The molecule has 0 atom stereocenters. The lowest BCUT2D eigenvalue weighted by Gasteiger charge is -2.08. The predicted octanol–water partition coefficient (Wildman–Crippen LogP) is 3.04. The average Bonchev–Trinajstić information content (AvgIpc) is 2.46. The molecule has 0 aromatic heterocycles. The van der Waals surface area contributed by atoms with Crippen molar-refractivity contribution in [1.82, 2.24) is 0 Å². The molecule has 108 valence electrons. The number of hydrogen-bond donors (Lipinski definition) is 2. The van der Waals surface area contributed by atoms with E-state index >= 15 is 0 Å². The summed E-state index contributed by atoms with van der Waals surface area (Å²) in [7, 11) is 0. The standard InChI is InChI=1S/C14H11FN2O4/c15-11-4-2-1-3-10(11)8-16-12-6-5-9(14(18)19)7-13(12)17(20)21/h1-7,16H,8H2,(H,18,19). The van der Waals surface area contributed by atoms with E-state index in [4.69, 9.17) is 5.11 Å². The molecule has 0 spiro atoms. The third kappa shape index (κ3) is 3.33. The van der Waals surface area contributed by atoms with E-state index < -0.39 is 16.7 Å². The zero-order valence-electron chi connectivity index (χ0n) is 10.7. The molecule has 0 radical (unpaired) electrons. The van der Waals surface area contributed by atoms with Crippen LogP contribution < -0.4 is 5.32 Å². The monoisotopic (exact) mass is 290 g/mol. The summed E-state index contributed by atoms with van der Waals surface area (Å²) < 4.78 is 13.5. The van der Waals surface area contributed by atoms with Crippen molar-refractivity contribution in [3.8, 4) is 0 Å². The van der Waals surface area contributed by atoms with Crippen molar-refractivity contribution in [3.63, 3.8) is 0 Å². The highest BCUT2D eigenvalue weighted by atomic mass is 19.1. The third-order valence-corrected chi connectivity index (χ3v) is 2.87. The molecule has 6 nitrogen and oxygen atoms in total. The molecule has 0 aliphatic rings. The summed E-state index contributed by atoms with van der Waals surface area (Å²) in [6.45, 7) is 0.0555. The van der Waals surface area contributed by atoms with Crippen LogP contribution in [0.15, 0.2) is 42.5 Å². The highest BCUT2D eigenvalue weighted by Crippen LogP contribution is 2.26. The summed E-state index contributed by atoms with van der Waals surface area (Å²) in [5.41, 5.74) is -0.0632. The minimum atomic E-state index is -1.25.